The standard InChI is InChI=1S/C26H56N/c1-7-10-11-12-13-14-15-16-17-18-19-20-21-22-23-25-26(4,24-8-2)27(5,6)9-3/h7-25H2,1-6H3/q+1. The van der Waals surface area contributed by atoms with E-state index < -0.39 is 0 Å². The summed E-state index contributed by atoms with van der Waals surface area (Å²) in [4.78, 5) is 0. The molecule has 0 heterocycles. The van der Waals surface area contributed by atoms with Crippen molar-refractivity contribution in [3.8, 4) is 0 Å². The van der Waals surface area contributed by atoms with Crippen LogP contribution in [0.25, 0.3) is 0 Å². The van der Waals surface area contributed by atoms with Crippen molar-refractivity contribution < 1.29 is 4.48 Å². The van der Waals surface area contributed by atoms with Crippen LogP contribution in [0.2, 0.25) is 0 Å². The maximum Gasteiger partial charge on any atom is 0.0959 e. The van der Waals surface area contributed by atoms with Crippen molar-refractivity contribution in [3.05, 3.63) is 0 Å². The highest BCUT2D eigenvalue weighted by atomic mass is 15.4. The summed E-state index contributed by atoms with van der Waals surface area (Å²) >= 11 is 0. The number of rotatable bonds is 20. The quantitative estimate of drug-likeness (QED) is 0.146. The molecule has 0 saturated carbocycles. The fourth-order valence-electron chi connectivity index (χ4n) is 4.53. The van der Waals surface area contributed by atoms with Gasteiger partial charge in [0, 0.05) is 12.8 Å². The van der Waals surface area contributed by atoms with Crippen LogP contribution in [0.1, 0.15) is 143 Å². The number of hydrogen-bond donors (Lipinski definition) is 0. The Hall–Kier alpha value is -0.0400. The van der Waals surface area contributed by atoms with Gasteiger partial charge in [-0.3, -0.25) is 0 Å². The molecule has 0 radical (unpaired) electrons. The molecule has 0 aliphatic heterocycles. The Balaban J connectivity index is 3.53. The van der Waals surface area contributed by atoms with Gasteiger partial charge >= 0.3 is 0 Å². The van der Waals surface area contributed by atoms with Crippen molar-refractivity contribution in [2.45, 2.75) is 149 Å². The van der Waals surface area contributed by atoms with E-state index in [1.807, 2.05) is 0 Å². The highest BCUT2D eigenvalue weighted by molar-refractivity contribution is 4.75. The first-order valence-electron chi connectivity index (χ1n) is 12.8. The average molecular weight is 383 g/mol. The molecule has 0 aromatic heterocycles. The van der Waals surface area contributed by atoms with E-state index in [1.165, 1.54) is 127 Å². The molecule has 164 valence electrons. The Morgan fingerprint density at radius 3 is 1.19 bits per heavy atom. The van der Waals surface area contributed by atoms with Gasteiger partial charge in [-0.25, -0.2) is 0 Å². The first kappa shape index (κ1) is 27.0. The summed E-state index contributed by atoms with van der Waals surface area (Å²) in [5, 5.41) is 0. The van der Waals surface area contributed by atoms with Crippen molar-refractivity contribution in [1.82, 2.24) is 0 Å². The minimum absolute atomic E-state index is 0.472. The van der Waals surface area contributed by atoms with Gasteiger partial charge in [0.2, 0.25) is 0 Å². The maximum atomic E-state index is 2.53. The van der Waals surface area contributed by atoms with Gasteiger partial charge in [-0.1, -0.05) is 110 Å². The van der Waals surface area contributed by atoms with E-state index in [9.17, 15) is 0 Å². The van der Waals surface area contributed by atoms with E-state index in [0.717, 1.165) is 0 Å². The molecule has 0 amide bonds. The molecule has 0 N–H and O–H groups in total. The molecule has 0 rings (SSSR count). The first-order valence-corrected chi connectivity index (χ1v) is 12.8. The van der Waals surface area contributed by atoms with E-state index in [0.29, 0.717) is 5.54 Å². The lowest BCUT2D eigenvalue weighted by Crippen LogP contribution is -2.57. The molecule has 0 bridgehead atoms. The van der Waals surface area contributed by atoms with Crippen molar-refractivity contribution >= 4 is 0 Å². The second kappa shape index (κ2) is 16.9. The highest BCUT2D eigenvalue weighted by Crippen LogP contribution is 2.31. The highest BCUT2D eigenvalue weighted by Gasteiger charge is 2.38. The van der Waals surface area contributed by atoms with Crippen LogP contribution < -0.4 is 0 Å². The van der Waals surface area contributed by atoms with Crippen LogP contribution in [0.5, 0.6) is 0 Å². The van der Waals surface area contributed by atoms with Crippen LogP contribution in [0.3, 0.4) is 0 Å². The zero-order valence-electron chi connectivity index (χ0n) is 20.4. The van der Waals surface area contributed by atoms with Crippen molar-refractivity contribution in [2.24, 2.45) is 0 Å². The molecular weight excluding hydrogens is 326 g/mol. The van der Waals surface area contributed by atoms with Gasteiger partial charge in [0.1, 0.15) is 0 Å². The Morgan fingerprint density at radius 2 is 0.852 bits per heavy atom. The summed E-state index contributed by atoms with van der Waals surface area (Å²) < 4.78 is 1.18. The van der Waals surface area contributed by atoms with E-state index in [4.69, 9.17) is 0 Å². The van der Waals surface area contributed by atoms with Gasteiger partial charge in [0.05, 0.1) is 26.2 Å². The number of hydrogen-bond acceptors (Lipinski definition) is 0. The lowest BCUT2D eigenvalue weighted by molar-refractivity contribution is -0.939. The molecular formula is C26H56N+. The largest absolute Gasteiger partial charge is 0.324 e. The Kier molecular flexibility index (Phi) is 16.8. The smallest absolute Gasteiger partial charge is 0.0959 e. The molecule has 1 nitrogen and oxygen atoms in total. The van der Waals surface area contributed by atoms with E-state index in [1.54, 1.807) is 0 Å². The van der Waals surface area contributed by atoms with E-state index in [-0.39, 0.29) is 0 Å². The molecule has 1 unspecified atom stereocenters. The Bertz CT molecular complexity index is 309. The lowest BCUT2D eigenvalue weighted by Gasteiger charge is -2.46. The van der Waals surface area contributed by atoms with Gasteiger partial charge < -0.3 is 4.48 Å². The fourth-order valence-corrected chi connectivity index (χ4v) is 4.53. The lowest BCUT2D eigenvalue weighted by atomic mass is 9.86. The molecule has 0 aliphatic carbocycles. The molecule has 27 heavy (non-hydrogen) atoms. The number of nitrogens with zero attached hydrogens (tertiary/aromatic N) is 1. The predicted octanol–water partition coefficient (Wildman–Crippen LogP) is 8.90. The van der Waals surface area contributed by atoms with E-state index in [2.05, 4.69) is 41.8 Å². The minimum atomic E-state index is 0.472. The van der Waals surface area contributed by atoms with Gasteiger partial charge in [-0.15, -0.1) is 0 Å². The van der Waals surface area contributed by atoms with Gasteiger partial charge in [0.25, 0.3) is 0 Å². The van der Waals surface area contributed by atoms with Gasteiger partial charge in [0.15, 0.2) is 0 Å². The Labute approximate surface area is 174 Å². The number of quaternary nitrogens is 1. The molecule has 1 heteroatoms. The van der Waals surface area contributed by atoms with Crippen molar-refractivity contribution in [3.63, 3.8) is 0 Å². The van der Waals surface area contributed by atoms with Crippen molar-refractivity contribution in [1.29, 1.82) is 0 Å². The first-order chi connectivity index (χ1) is 12.9. The molecule has 0 aliphatic rings. The maximum absolute atomic E-state index is 2.53. The van der Waals surface area contributed by atoms with Gasteiger partial charge in [-0.2, -0.15) is 0 Å². The second-order valence-electron chi connectivity index (χ2n) is 9.95. The molecule has 0 aromatic carbocycles. The Morgan fingerprint density at radius 1 is 0.481 bits per heavy atom. The van der Waals surface area contributed by atoms with Gasteiger partial charge in [-0.05, 0) is 20.3 Å². The van der Waals surface area contributed by atoms with Crippen LogP contribution in [0, 0.1) is 0 Å². The fraction of sp³-hybridized carbons (Fsp3) is 1.00. The minimum Gasteiger partial charge on any atom is -0.324 e. The molecule has 0 fully saturated rings. The van der Waals surface area contributed by atoms with Crippen LogP contribution >= 0.6 is 0 Å². The molecule has 0 aromatic rings. The van der Waals surface area contributed by atoms with E-state index >= 15 is 0 Å². The summed E-state index contributed by atoms with van der Waals surface area (Å²) in [5.41, 5.74) is 0.472. The summed E-state index contributed by atoms with van der Waals surface area (Å²) in [6, 6.07) is 0. The summed E-state index contributed by atoms with van der Waals surface area (Å²) in [7, 11) is 4.86. The third kappa shape index (κ3) is 12.9. The van der Waals surface area contributed by atoms with Crippen LogP contribution in [0.15, 0.2) is 0 Å². The van der Waals surface area contributed by atoms with Crippen molar-refractivity contribution in [2.75, 3.05) is 20.6 Å². The topological polar surface area (TPSA) is 0 Å². The third-order valence-electron chi connectivity index (χ3n) is 7.36. The third-order valence-corrected chi connectivity index (χ3v) is 7.36. The summed E-state index contributed by atoms with van der Waals surface area (Å²) in [6.45, 7) is 10.8. The normalized spacial score (nSPS) is 14.4. The molecule has 0 spiro atoms. The SMILES string of the molecule is CCCCCCCCCCCCCCCCCC(C)(CCC)[N+](C)(C)CC. The summed E-state index contributed by atoms with van der Waals surface area (Å²) in [6.07, 6.45) is 26.0. The molecule has 0 saturated heterocycles. The van der Waals surface area contributed by atoms with Crippen LogP contribution in [0.4, 0.5) is 0 Å². The monoisotopic (exact) mass is 382 g/mol. The van der Waals surface area contributed by atoms with Crippen LogP contribution in [-0.2, 0) is 0 Å². The summed E-state index contributed by atoms with van der Waals surface area (Å²) in [5.74, 6) is 0. The zero-order chi connectivity index (χ0) is 20.4. The average Bonchev–Trinajstić information content (AvgIpc) is 2.65. The zero-order valence-corrected chi connectivity index (χ0v) is 20.4. The predicted molar refractivity (Wildman–Crippen MR) is 126 cm³/mol. The number of unbranched alkanes of at least 4 members (excludes halogenated alkanes) is 14. The second-order valence-corrected chi connectivity index (χ2v) is 9.95. The molecule has 1 atom stereocenters. The van der Waals surface area contributed by atoms with Crippen LogP contribution in [-0.4, -0.2) is 30.7 Å².